The maximum Gasteiger partial charge on any atom is 0.335 e. The van der Waals surface area contributed by atoms with Crippen molar-refractivity contribution in [3.05, 3.63) is 29.3 Å². The molecule has 0 aliphatic carbocycles. The van der Waals surface area contributed by atoms with E-state index >= 15 is 0 Å². The molecular formula is C12H13NO4S. The van der Waals surface area contributed by atoms with Gasteiger partial charge in [0.05, 0.1) is 22.3 Å². The number of sulfone groups is 1. The number of carboxylic acids is 1. The fourth-order valence-electron chi connectivity index (χ4n) is 1.63. The van der Waals surface area contributed by atoms with E-state index in [1.165, 1.54) is 25.1 Å². The van der Waals surface area contributed by atoms with E-state index in [4.69, 9.17) is 10.4 Å². The molecule has 1 aromatic carbocycles. The lowest BCUT2D eigenvalue weighted by atomic mass is 10.1. The van der Waals surface area contributed by atoms with Crippen molar-refractivity contribution in [3.63, 3.8) is 0 Å². The van der Waals surface area contributed by atoms with Crippen molar-refractivity contribution < 1.29 is 18.3 Å². The monoisotopic (exact) mass is 267 g/mol. The zero-order valence-electron chi connectivity index (χ0n) is 9.88. The highest BCUT2D eigenvalue weighted by molar-refractivity contribution is 7.91. The van der Waals surface area contributed by atoms with Gasteiger partial charge in [-0.1, -0.05) is 6.07 Å². The molecule has 0 saturated carbocycles. The van der Waals surface area contributed by atoms with Crippen LogP contribution in [0.3, 0.4) is 0 Å². The molecule has 18 heavy (non-hydrogen) atoms. The number of hydrogen-bond acceptors (Lipinski definition) is 4. The molecule has 0 aromatic heterocycles. The molecule has 1 N–H and O–H groups in total. The third-order valence-electron chi connectivity index (χ3n) is 2.55. The van der Waals surface area contributed by atoms with Gasteiger partial charge >= 0.3 is 5.97 Å². The molecule has 0 aliphatic heterocycles. The Morgan fingerprint density at radius 3 is 2.67 bits per heavy atom. The molecule has 0 heterocycles. The second kappa shape index (κ2) is 5.65. The number of carboxylic acid groups (broad SMARTS) is 1. The van der Waals surface area contributed by atoms with Crippen LogP contribution in [-0.2, 0) is 9.84 Å². The van der Waals surface area contributed by atoms with Crippen molar-refractivity contribution in [3.8, 4) is 6.07 Å². The molecule has 0 saturated heterocycles. The summed E-state index contributed by atoms with van der Waals surface area (Å²) in [5.74, 6) is -1.30. The topological polar surface area (TPSA) is 95.2 Å². The van der Waals surface area contributed by atoms with Crippen LogP contribution in [0.2, 0.25) is 0 Å². The van der Waals surface area contributed by atoms with E-state index in [9.17, 15) is 13.2 Å². The van der Waals surface area contributed by atoms with Gasteiger partial charge in [-0.3, -0.25) is 0 Å². The molecule has 0 fully saturated rings. The van der Waals surface area contributed by atoms with E-state index in [2.05, 4.69) is 0 Å². The van der Waals surface area contributed by atoms with Gasteiger partial charge in [0.15, 0.2) is 9.84 Å². The van der Waals surface area contributed by atoms with Gasteiger partial charge in [-0.15, -0.1) is 0 Å². The number of hydrogen-bond donors (Lipinski definition) is 1. The Hall–Kier alpha value is -1.87. The number of aromatic carboxylic acids is 1. The molecule has 0 unspecified atom stereocenters. The molecular weight excluding hydrogens is 254 g/mol. The van der Waals surface area contributed by atoms with Gasteiger partial charge in [-0.2, -0.15) is 5.26 Å². The second-order valence-electron chi connectivity index (χ2n) is 3.81. The molecule has 6 heteroatoms. The minimum Gasteiger partial charge on any atom is -0.478 e. The first-order valence-electron chi connectivity index (χ1n) is 5.33. The lowest BCUT2D eigenvalue weighted by Crippen LogP contribution is -2.11. The summed E-state index contributed by atoms with van der Waals surface area (Å²) in [5.41, 5.74) is 0.221. The molecule has 0 amide bonds. The maximum absolute atomic E-state index is 12.0. The summed E-state index contributed by atoms with van der Waals surface area (Å²) in [6, 6.07) is 6.05. The van der Waals surface area contributed by atoms with Crippen LogP contribution in [0.15, 0.2) is 23.1 Å². The van der Waals surface area contributed by atoms with Gasteiger partial charge in [0.2, 0.25) is 0 Å². The van der Waals surface area contributed by atoms with Crippen LogP contribution in [0.1, 0.15) is 28.8 Å². The van der Waals surface area contributed by atoms with E-state index in [0.717, 1.165) is 0 Å². The summed E-state index contributed by atoms with van der Waals surface area (Å²) in [6.07, 6.45) is 0.409. The largest absolute Gasteiger partial charge is 0.478 e. The number of benzene rings is 1. The highest BCUT2D eigenvalue weighted by Crippen LogP contribution is 2.21. The van der Waals surface area contributed by atoms with Crippen LogP contribution >= 0.6 is 0 Å². The molecule has 1 aromatic rings. The van der Waals surface area contributed by atoms with Crippen LogP contribution in [-0.4, -0.2) is 25.2 Å². The van der Waals surface area contributed by atoms with Crippen LogP contribution in [0.25, 0.3) is 0 Å². The maximum atomic E-state index is 12.0. The minimum atomic E-state index is -3.53. The first-order valence-corrected chi connectivity index (χ1v) is 6.98. The van der Waals surface area contributed by atoms with Gasteiger partial charge in [0, 0.05) is 6.42 Å². The lowest BCUT2D eigenvalue weighted by molar-refractivity contribution is 0.0696. The van der Waals surface area contributed by atoms with Crippen LogP contribution < -0.4 is 0 Å². The normalized spacial score (nSPS) is 10.9. The van der Waals surface area contributed by atoms with Crippen molar-refractivity contribution >= 4 is 15.8 Å². The van der Waals surface area contributed by atoms with E-state index in [1.807, 2.05) is 6.07 Å². The number of carbonyl (C=O) groups is 1. The Balaban J connectivity index is 3.14. The summed E-state index contributed by atoms with van der Waals surface area (Å²) in [6.45, 7) is 1.47. The van der Waals surface area contributed by atoms with Crippen molar-refractivity contribution in [2.75, 3.05) is 5.75 Å². The molecule has 0 atom stereocenters. The van der Waals surface area contributed by atoms with Gasteiger partial charge in [-0.25, -0.2) is 13.2 Å². The number of nitrogens with zero attached hydrogens (tertiary/aromatic N) is 1. The van der Waals surface area contributed by atoms with Gasteiger partial charge in [-0.05, 0) is 31.0 Å². The fourth-order valence-corrected chi connectivity index (χ4v) is 3.24. The predicted octanol–water partition coefficient (Wildman–Crippen LogP) is 1.77. The summed E-state index contributed by atoms with van der Waals surface area (Å²) < 4.78 is 24.0. The van der Waals surface area contributed by atoms with Crippen LogP contribution in [0, 0.1) is 18.3 Å². The summed E-state index contributed by atoms with van der Waals surface area (Å²) in [5, 5.41) is 17.3. The number of rotatable bonds is 5. The quantitative estimate of drug-likeness (QED) is 0.820. The SMILES string of the molecule is Cc1c(C(=O)O)cccc1S(=O)(=O)CCCC#N. The van der Waals surface area contributed by atoms with Gasteiger partial charge < -0.3 is 5.11 Å². The van der Waals surface area contributed by atoms with E-state index in [1.54, 1.807) is 0 Å². The number of unbranched alkanes of at least 4 members (excludes halogenated alkanes) is 1. The fraction of sp³-hybridized carbons (Fsp3) is 0.333. The number of nitriles is 1. The minimum absolute atomic E-state index is 0.0173. The standard InChI is InChI=1S/C12H13NO4S/c1-9-10(12(14)15)5-4-6-11(9)18(16,17)8-3-2-7-13/h4-6H,2-3,8H2,1H3,(H,14,15). The third-order valence-corrected chi connectivity index (χ3v) is 4.49. The molecule has 0 aliphatic rings. The van der Waals surface area contributed by atoms with Crippen LogP contribution in [0.4, 0.5) is 0 Å². The molecule has 0 radical (unpaired) electrons. The van der Waals surface area contributed by atoms with Crippen LogP contribution in [0.5, 0.6) is 0 Å². The Bertz CT molecular complexity index is 599. The zero-order valence-corrected chi connectivity index (χ0v) is 10.7. The first-order chi connectivity index (χ1) is 8.40. The predicted molar refractivity (Wildman–Crippen MR) is 65.0 cm³/mol. The lowest BCUT2D eigenvalue weighted by Gasteiger charge is -2.09. The molecule has 0 bridgehead atoms. The second-order valence-corrected chi connectivity index (χ2v) is 5.89. The highest BCUT2D eigenvalue weighted by atomic mass is 32.2. The Morgan fingerprint density at radius 2 is 2.11 bits per heavy atom. The van der Waals surface area contributed by atoms with Crippen molar-refractivity contribution in [2.45, 2.75) is 24.7 Å². The molecule has 5 nitrogen and oxygen atoms in total. The van der Waals surface area contributed by atoms with E-state index in [0.29, 0.717) is 0 Å². The summed E-state index contributed by atoms with van der Waals surface area (Å²) in [7, 11) is -3.53. The highest BCUT2D eigenvalue weighted by Gasteiger charge is 2.20. The smallest absolute Gasteiger partial charge is 0.335 e. The van der Waals surface area contributed by atoms with E-state index in [-0.39, 0.29) is 34.6 Å². The molecule has 96 valence electrons. The Kier molecular flexibility index (Phi) is 4.45. The summed E-state index contributed by atoms with van der Waals surface area (Å²) >= 11 is 0. The zero-order chi connectivity index (χ0) is 13.8. The first kappa shape index (κ1) is 14.2. The van der Waals surface area contributed by atoms with Gasteiger partial charge in [0.25, 0.3) is 0 Å². The molecule has 0 spiro atoms. The van der Waals surface area contributed by atoms with Gasteiger partial charge in [0.1, 0.15) is 0 Å². The molecule has 1 rings (SSSR count). The Morgan fingerprint density at radius 1 is 1.44 bits per heavy atom. The third kappa shape index (κ3) is 3.08. The van der Waals surface area contributed by atoms with Crippen molar-refractivity contribution in [2.24, 2.45) is 0 Å². The average Bonchev–Trinajstić information content (AvgIpc) is 2.28. The van der Waals surface area contributed by atoms with E-state index < -0.39 is 15.8 Å². The average molecular weight is 267 g/mol. The van der Waals surface area contributed by atoms with Crippen molar-refractivity contribution in [1.29, 1.82) is 5.26 Å². The Labute approximate surface area is 106 Å². The van der Waals surface area contributed by atoms with Crippen molar-refractivity contribution in [1.82, 2.24) is 0 Å². The summed E-state index contributed by atoms with van der Waals surface area (Å²) in [4.78, 5) is 11.0.